The maximum absolute atomic E-state index is 13.7. The first-order valence-corrected chi connectivity index (χ1v) is 8.13. The highest BCUT2D eigenvalue weighted by atomic mass is 32.1. The van der Waals surface area contributed by atoms with Crippen LogP contribution in [0.5, 0.6) is 0 Å². The number of halogens is 1. The van der Waals surface area contributed by atoms with Gasteiger partial charge >= 0.3 is 0 Å². The van der Waals surface area contributed by atoms with Crippen molar-refractivity contribution in [3.8, 4) is 0 Å². The Morgan fingerprint density at radius 2 is 2.24 bits per heavy atom. The molecule has 4 heteroatoms. The number of carbonyl (C=O) groups excluding carboxylic acids is 1. The van der Waals surface area contributed by atoms with Crippen LogP contribution >= 0.6 is 11.3 Å². The smallest absolute Gasteiger partial charge is 0.254 e. The molecule has 1 aliphatic rings. The summed E-state index contributed by atoms with van der Waals surface area (Å²) in [4.78, 5) is 16.0. The number of carbonyl (C=O) groups is 1. The molecule has 0 saturated heterocycles. The van der Waals surface area contributed by atoms with Crippen molar-refractivity contribution in [3.63, 3.8) is 0 Å². The second kappa shape index (κ2) is 5.60. The second-order valence-corrected chi connectivity index (χ2v) is 6.44. The monoisotopic (exact) mass is 303 g/mol. The Labute approximate surface area is 128 Å². The van der Waals surface area contributed by atoms with Gasteiger partial charge in [0.15, 0.2) is 0 Å². The SMILES string of the molecule is CC[C@@H]1c2ccsc2CCN1C(=O)c1ccc(C)c(F)c1. The number of rotatable bonds is 2. The van der Waals surface area contributed by atoms with E-state index >= 15 is 0 Å². The van der Waals surface area contributed by atoms with Gasteiger partial charge in [-0.25, -0.2) is 4.39 Å². The van der Waals surface area contributed by atoms with E-state index < -0.39 is 0 Å². The Hall–Kier alpha value is -1.68. The predicted molar refractivity (Wildman–Crippen MR) is 83.2 cm³/mol. The number of hydrogen-bond donors (Lipinski definition) is 0. The third-order valence-corrected chi connectivity index (χ3v) is 5.16. The predicted octanol–water partition coefficient (Wildman–Crippen LogP) is 4.35. The van der Waals surface area contributed by atoms with Gasteiger partial charge in [-0.2, -0.15) is 0 Å². The lowest BCUT2D eigenvalue weighted by Gasteiger charge is -2.35. The number of hydrogen-bond acceptors (Lipinski definition) is 2. The van der Waals surface area contributed by atoms with Gasteiger partial charge in [0.1, 0.15) is 5.82 Å². The van der Waals surface area contributed by atoms with Crippen LogP contribution < -0.4 is 0 Å². The first kappa shape index (κ1) is 14.3. The molecule has 2 nitrogen and oxygen atoms in total. The minimum absolute atomic E-state index is 0.0717. The van der Waals surface area contributed by atoms with Gasteiger partial charge in [0.2, 0.25) is 0 Å². The van der Waals surface area contributed by atoms with Crippen molar-refractivity contribution in [2.24, 2.45) is 0 Å². The van der Waals surface area contributed by atoms with Crippen LogP contribution in [-0.2, 0) is 6.42 Å². The zero-order valence-corrected chi connectivity index (χ0v) is 13.0. The summed E-state index contributed by atoms with van der Waals surface area (Å²) in [5.74, 6) is -0.389. The first-order valence-electron chi connectivity index (χ1n) is 7.25. The van der Waals surface area contributed by atoms with E-state index in [1.807, 2.05) is 4.90 Å². The van der Waals surface area contributed by atoms with Crippen molar-refractivity contribution in [1.82, 2.24) is 4.90 Å². The van der Waals surface area contributed by atoms with Crippen molar-refractivity contribution in [3.05, 3.63) is 57.0 Å². The molecule has 2 aromatic rings. The second-order valence-electron chi connectivity index (χ2n) is 5.44. The fourth-order valence-electron chi connectivity index (χ4n) is 2.97. The van der Waals surface area contributed by atoms with Gasteiger partial charge in [0.25, 0.3) is 5.91 Å². The van der Waals surface area contributed by atoms with E-state index in [0.717, 1.165) is 12.8 Å². The first-order chi connectivity index (χ1) is 10.1. The van der Waals surface area contributed by atoms with Gasteiger partial charge < -0.3 is 4.90 Å². The summed E-state index contributed by atoms with van der Waals surface area (Å²) >= 11 is 1.76. The van der Waals surface area contributed by atoms with E-state index in [1.54, 1.807) is 30.4 Å². The number of amides is 1. The van der Waals surface area contributed by atoms with Crippen LogP contribution in [0, 0.1) is 12.7 Å². The Morgan fingerprint density at radius 3 is 2.95 bits per heavy atom. The number of fused-ring (bicyclic) bond motifs is 1. The van der Waals surface area contributed by atoms with E-state index in [0.29, 0.717) is 17.7 Å². The molecule has 1 aliphatic heterocycles. The lowest BCUT2D eigenvalue weighted by atomic mass is 9.96. The molecule has 110 valence electrons. The van der Waals surface area contributed by atoms with Crippen LogP contribution in [0.3, 0.4) is 0 Å². The summed E-state index contributed by atoms with van der Waals surface area (Å²) in [5.41, 5.74) is 2.27. The fourth-order valence-corrected chi connectivity index (χ4v) is 3.90. The summed E-state index contributed by atoms with van der Waals surface area (Å²) in [5, 5.41) is 2.09. The van der Waals surface area contributed by atoms with Crippen molar-refractivity contribution < 1.29 is 9.18 Å². The molecule has 0 aliphatic carbocycles. The van der Waals surface area contributed by atoms with E-state index in [-0.39, 0.29) is 17.8 Å². The summed E-state index contributed by atoms with van der Waals surface area (Å²) in [6, 6.07) is 6.97. The molecule has 0 spiro atoms. The van der Waals surface area contributed by atoms with Crippen LogP contribution in [-0.4, -0.2) is 17.4 Å². The molecule has 0 fully saturated rings. The summed E-state index contributed by atoms with van der Waals surface area (Å²) in [7, 11) is 0. The molecular weight excluding hydrogens is 285 g/mol. The molecule has 3 rings (SSSR count). The normalized spacial score (nSPS) is 17.7. The van der Waals surface area contributed by atoms with Gasteiger partial charge in [-0.1, -0.05) is 13.0 Å². The van der Waals surface area contributed by atoms with Crippen molar-refractivity contribution >= 4 is 17.2 Å². The minimum atomic E-state index is -0.317. The zero-order chi connectivity index (χ0) is 15.0. The van der Waals surface area contributed by atoms with Crippen LogP contribution in [0.4, 0.5) is 4.39 Å². The summed E-state index contributed by atoms with van der Waals surface area (Å²) in [6.07, 6.45) is 1.77. The molecular formula is C17H18FNOS. The number of nitrogens with zero attached hydrogens (tertiary/aromatic N) is 1. The topological polar surface area (TPSA) is 20.3 Å². The third-order valence-electron chi connectivity index (χ3n) is 4.16. The lowest BCUT2D eigenvalue weighted by molar-refractivity contribution is 0.0657. The van der Waals surface area contributed by atoms with E-state index in [2.05, 4.69) is 18.4 Å². The third kappa shape index (κ3) is 2.48. The van der Waals surface area contributed by atoms with Crippen molar-refractivity contribution in [1.29, 1.82) is 0 Å². The summed E-state index contributed by atoms with van der Waals surface area (Å²) < 4.78 is 13.7. The van der Waals surface area contributed by atoms with E-state index in [4.69, 9.17) is 0 Å². The highest BCUT2D eigenvalue weighted by Gasteiger charge is 2.30. The van der Waals surface area contributed by atoms with Gasteiger partial charge in [0, 0.05) is 17.0 Å². The Bertz CT molecular complexity index is 679. The molecule has 0 saturated carbocycles. The van der Waals surface area contributed by atoms with Crippen LogP contribution in [0.2, 0.25) is 0 Å². The Balaban J connectivity index is 1.92. The largest absolute Gasteiger partial charge is 0.331 e. The molecule has 2 heterocycles. The Morgan fingerprint density at radius 1 is 1.43 bits per heavy atom. The van der Waals surface area contributed by atoms with Gasteiger partial charge in [0.05, 0.1) is 6.04 Å². The average Bonchev–Trinajstić information content (AvgIpc) is 2.96. The maximum Gasteiger partial charge on any atom is 0.254 e. The Kier molecular flexibility index (Phi) is 3.81. The van der Waals surface area contributed by atoms with Crippen LogP contribution in [0.15, 0.2) is 29.6 Å². The van der Waals surface area contributed by atoms with Crippen molar-refractivity contribution in [2.75, 3.05) is 6.54 Å². The fraction of sp³-hybridized carbons (Fsp3) is 0.353. The molecule has 0 radical (unpaired) electrons. The molecule has 0 N–H and O–H groups in total. The number of benzene rings is 1. The molecule has 1 amide bonds. The molecule has 1 aromatic heterocycles. The number of thiophene rings is 1. The van der Waals surface area contributed by atoms with Gasteiger partial charge in [-0.3, -0.25) is 4.79 Å². The molecule has 1 aromatic carbocycles. The number of aryl methyl sites for hydroxylation is 1. The highest BCUT2D eigenvalue weighted by molar-refractivity contribution is 7.10. The van der Waals surface area contributed by atoms with Gasteiger partial charge in [-0.15, -0.1) is 11.3 Å². The van der Waals surface area contributed by atoms with Crippen LogP contribution in [0.25, 0.3) is 0 Å². The van der Waals surface area contributed by atoms with E-state index in [1.165, 1.54) is 16.5 Å². The molecule has 0 unspecified atom stereocenters. The molecule has 0 bridgehead atoms. The van der Waals surface area contributed by atoms with E-state index in [9.17, 15) is 9.18 Å². The highest BCUT2D eigenvalue weighted by Crippen LogP contribution is 2.36. The summed E-state index contributed by atoms with van der Waals surface area (Å²) in [6.45, 7) is 4.50. The quantitative estimate of drug-likeness (QED) is 0.808. The zero-order valence-electron chi connectivity index (χ0n) is 12.2. The minimum Gasteiger partial charge on any atom is -0.331 e. The van der Waals surface area contributed by atoms with Crippen LogP contribution in [0.1, 0.15) is 45.7 Å². The molecule has 21 heavy (non-hydrogen) atoms. The molecule has 1 atom stereocenters. The van der Waals surface area contributed by atoms with Gasteiger partial charge in [-0.05, 0) is 54.5 Å². The van der Waals surface area contributed by atoms with Crippen molar-refractivity contribution in [2.45, 2.75) is 32.7 Å². The average molecular weight is 303 g/mol. The lowest BCUT2D eigenvalue weighted by Crippen LogP contribution is -2.39. The standard InChI is InChI=1S/C17H18FNOS/c1-3-15-13-7-9-21-16(13)6-8-19(15)17(20)12-5-4-11(2)14(18)10-12/h4-5,7,9-10,15H,3,6,8H2,1-2H3/t15-/m1/s1. The maximum atomic E-state index is 13.7.